The maximum Gasteiger partial charge on any atom is 0.227 e. The number of piperazine rings is 2. The fraction of sp³-hybridized carbons (Fsp3) is 0.545. The Morgan fingerprint density at radius 1 is 0.821 bits per heavy atom. The van der Waals surface area contributed by atoms with Crippen LogP contribution in [0.25, 0.3) is 0 Å². The second kappa shape index (κ2) is 8.45. The standard InChI is InChI=1S/C22H32N6/c1-18-6-4-5-7-20(18)17-26-10-14-28(15-11-26)22-23-19(2)16-21(24-22)27-12-8-25(3)9-13-27/h4-7,16H,8-15,17H2,1-3H3. The molecule has 150 valence electrons. The molecular weight excluding hydrogens is 348 g/mol. The van der Waals surface area contributed by atoms with Gasteiger partial charge < -0.3 is 14.7 Å². The first-order valence-corrected chi connectivity index (χ1v) is 10.4. The van der Waals surface area contributed by atoms with Gasteiger partial charge in [-0.1, -0.05) is 24.3 Å². The van der Waals surface area contributed by atoms with E-state index in [1.165, 1.54) is 11.1 Å². The number of rotatable bonds is 4. The largest absolute Gasteiger partial charge is 0.354 e. The van der Waals surface area contributed by atoms with Crippen LogP contribution in [-0.4, -0.2) is 79.2 Å². The van der Waals surface area contributed by atoms with Gasteiger partial charge >= 0.3 is 0 Å². The molecule has 0 spiro atoms. The number of anilines is 2. The average molecular weight is 381 g/mol. The van der Waals surface area contributed by atoms with Crippen molar-refractivity contribution in [1.82, 2.24) is 19.8 Å². The first kappa shape index (κ1) is 19.2. The minimum absolute atomic E-state index is 0.893. The zero-order valence-corrected chi connectivity index (χ0v) is 17.4. The van der Waals surface area contributed by atoms with Crippen molar-refractivity contribution in [2.75, 3.05) is 69.2 Å². The van der Waals surface area contributed by atoms with E-state index in [0.29, 0.717) is 0 Å². The second-order valence-corrected chi connectivity index (χ2v) is 8.15. The Hall–Kier alpha value is -2.18. The molecule has 2 aromatic rings. The van der Waals surface area contributed by atoms with Crippen LogP contribution in [0.1, 0.15) is 16.8 Å². The Balaban J connectivity index is 1.40. The maximum atomic E-state index is 4.93. The predicted octanol–water partition coefficient (Wildman–Crippen LogP) is 2.17. The molecule has 1 aromatic heterocycles. The topological polar surface area (TPSA) is 38.7 Å². The third kappa shape index (κ3) is 4.45. The molecule has 2 saturated heterocycles. The van der Waals surface area contributed by atoms with Crippen molar-refractivity contribution < 1.29 is 0 Å². The normalized spacial score (nSPS) is 19.2. The van der Waals surface area contributed by atoms with E-state index in [1.807, 2.05) is 0 Å². The summed E-state index contributed by atoms with van der Waals surface area (Å²) in [6, 6.07) is 10.8. The van der Waals surface area contributed by atoms with E-state index >= 15 is 0 Å². The number of hydrogen-bond donors (Lipinski definition) is 0. The van der Waals surface area contributed by atoms with Crippen LogP contribution in [0.3, 0.4) is 0 Å². The van der Waals surface area contributed by atoms with Crippen LogP contribution in [0.2, 0.25) is 0 Å². The summed E-state index contributed by atoms with van der Waals surface area (Å²) in [6.07, 6.45) is 0. The molecule has 0 saturated carbocycles. The monoisotopic (exact) mass is 380 g/mol. The van der Waals surface area contributed by atoms with Gasteiger partial charge in [0.1, 0.15) is 5.82 Å². The third-order valence-corrected chi connectivity index (χ3v) is 5.97. The van der Waals surface area contributed by atoms with E-state index in [1.54, 1.807) is 0 Å². The lowest BCUT2D eigenvalue weighted by molar-refractivity contribution is 0.248. The van der Waals surface area contributed by atoms with Crippen molar-refractivity contribution in [2.45, 2.75) is 20.4 Å². The number of aromatic nitrogens is 2. The van der Waals surface area contributed by atoms with E-state index in [0.717, 1.165) is 76.4 Å². The maximum absolute atomic E-state index is 4.93. The van der Waals surface area contributed by atoms with Gasteiger partial charge in [-0.05, 0) is 32.0 Å². The molecule has 0 unspecified atom stereocenters. The van der Waals surface area contributed by atoms with Crippen molar-refractivity contribution in [3.63, 3.8) is 0 Å². The van der Waals surface area contributed by atoms with E-state index < -0.39 is 0 Å². The first-order valence-electron chi connectivity index (χ1n) is 10.4. The van der Waals surface area contributed by atoms with Gasteiger partial charge in [0.2, 0.25) is 5.95 Å². The number of likely N-dealkylation sites (N-methyl/N-ethyl adjacent to an activating group) is 1. The Bertz CT molecular complexity index is 791. The zero-order chi connectivity index (χ0) is 19.5. The Labute approximate surface area is 168 Å². The van der Waals surface area contributed by atoms with Crippen LogP contribution in [-0.2, 0) is 6.54 Å². The number of hydrogen-bond acceptors (Lipinski definition) is 6. The number of aryl methyl sites for hydroxylation is 2. The van der Waals surface area contributed by atoms with Gasteiger partial charge in [0.05, 0.1) is 0 Å². The summed E-state index contributed by atoms with van der Waals surface area (Å²) in [4.78, 5) is 19.3. The minimum Gasteiger partial charge on any atom is -0.354 e. The van der Waals surface area contributed by atoms with Gasteiger partial charge in [-0.3, -0.25) is 4.90 Å². The lowest BCUT2D eigenvalue weighted by Crippen LogP contribution is -2.47. The van der Waals surface area contributed by atoms with Crippen molar-refractivity contribution >= 4 is 11.8 Å². The van der Waals surface area contributed by atoms with Crippen LogP contribution >= 0.6 is 0 Å². The van der Waals surface area contributed by atoms with Crippen LogP contribution < -0.4 is 9.80 Å². The molecule has 0 amide bonds. The molecule has 4 rings (SSSR count). The predicted molar refractivity (Wildman–Crippen MR) is 115 cm³/mol. The van der Waals surface area contributed by atoms with Gasteiger partial charge in [-0.15, -0.1) is 0 Å². The lowest BCUT2D eigenvalue weighted by Gasteiger charge is -2.36. The molecule has 6 nitrogen and oxygen atoms in total. The summed E-state index contributed by atoms with van der Waals surface area (Å²) in [5, 5.41) is 0. The quantitative estimate of drug-likeness (QED) is 0.809. The van der Waals surface area contributed by atoms with Crippen LogP contribution in [0, 0.1) is 13.8 Å². The number of benzene rings is 1. The molecule has 2 aliphatic heterocycles. The van der Waals surface area contributed by atoms with Gasteiger partial charge in [-0.25, -0.2) is 4.98 Å². The van der Waals surface area contributed by atoms with Crippen molar-refractivity contribution in [1.29, 1.82) is 0 Å². The Morgan fingerprint density at radius 3 is 2.21 bits per heavy atom. The zero-order valence-electron chi connectivity index (χ0n) is 17.4. The summed E-state index contributed by atoms with van der Waals surface area (Å²) in [6.45, 7) is 13.6. The molecule has 0 radical (unpaired) electrons. The van der Waals surface area contributed by atoms with Crippen molar-refractivity contribution in [3.05, 3.63) is 47.2 Å². The van der Waals surface area contributed by atoms with E-state index in [4.69, 9.17) is 9.97 Å². The summed E-state index contributed by atoms with van der Waals surface area (Å²) in [5.41, 5.74) is 3.87. The average Bonchev–Trinajstić information content (AvgIpc) is 2.70. The third-order valence-electron chi connectivity index (χ3n) is 5.97. The highest BCUT2D eigenvalue weighted by atomic mass is 15.3. The molecule has 0 aliphatic carbocycles. The summed E-state index contributed by atoms with van der Waals surface area (Å²) in [7, 11) is 2.18. The van der Waals surface area contributed by atoms with E-state index in [9.17, 15) is 0 Å². The minimum atomic E-state index is 0.893. The van der Waals surface area contributed by atoms with Gasteiger partial charge in [0.15, 0.2) is 0 Å². The molecular formula is C22H32N6. The number of nitrogens with zero attached hydrogens (tertiary/aromatic N) is 6. The molecule has 6 heteroatoms. The molecule has 1 aromatic carbocycles. The van der Waals surface area contributed by atoms with Crippen LogP contribution in [0.5, 0.6) is 0 Å². The van der Waals surface area contributed by atoms with E-state index in [-0.39, 0.29) is 0 Å². The van der Waals surface area contributed by atoms with Crippen LogP contribution in [0.4, 0.5) is 11.8 Å². The molecule has 0 bridgehead atoms. The molecule has 2 fully saturated rings. The second-order valence-electron chi connectivity index (χ2n) is 8.15. The summed E-state index contributed by atoms with van der Waals surface area (Å²) < 4.78 is 0. The fourth-order valence-electron chi connectivity index (χ4n) is 4.01. The highest BCUT2D eigenvalue weighted by Gasteiger charge is 2.22. The van der Waals surface area contributed by atoms with E-state index in [2.05, 4.69) is 70.8 Å². The summed E-state index contributed by atoms with van der Waals surface area (Å²) >= 11 is 0. The molecule has 0 atom stereocenters. The Morgan fingerprint density at radius 2 is 1.50 bits per heavy atom. The highest BCUT2D eigenvalue weighted by molar-refractivity contribution is 5.46. The molecule has 28 heavy (non-hydrogen) atoms. The molecule has 3 heterocycles. The fourth-order valence-corrected chi connectivity index (χ4v) is 4.01. The van der Waals surface area contributed by atoms with Crippen molar-refractivity contribution in [3.8, 4) is 0 Å². The van der Waals surface area contributed by atoms with Crippen LogP contribution in [0.15, 0.2) is 30.3 Å². The summed E-state index contributed by atoms with van der Waals surface area (Å²) in [5.74, 6) is 1.97. The van der Waals surface area contributed by atoms with Gasteiger partial charge in [0, 0.05) is 70.7 Å². The molecule has 2 aliphatic rings. The SMILES string of the molecule is Cc1cc(N2CCN(C)CC2)nc(N2CCN(Cc3ccccc3C)CC2)n1. The first-order chi connectivity index (χ1) is 13.6. The Kier molecular flexibility index (Phi) is 5.78. The lowest BCUT2D eigenvalue weighted by atomic mass is 10.1. The highest BCUT2D eigenvalue weighted by Crippen LogP contribution is 2.20. The smallest absolute Gasteiger partial charge is 0.227 e. The van der Waals surface area contributed by atoms with Gasteiger partial charge in [0.25, 0.3) is 0 Å². The van der Waals surface area contributed by atoms with Crippen molar-refractivity contribution in [2.24, 2.45) is 0 Å². The molecule has 0 N–H and O–H groups in total. The van der Waals surface area contributed by atoms with Gasteiger partial charge in [-0.2, -0.15) is 4.98 Å².